The van der Waals surface area contributed by atoms with Gasteiger partial charge in [0.25, 0.3) is 0 Å². The average molecular weight is 268 g/mol. The van der Waals surface area contributed by atoms with Crippen molar-refractivity contribution in [1.29, 1.82) is 5.26 Å². The van der Waals surface area contributed by atoms with Crippen LogP contribution < -0.4 is 0 Å². The van der Waals surface area contributed by atoms with E-state index in [2.05, 4.69) is 27.0 Å². The highest BCUT2D eigenvalue weighted by Gasteiger charge is 2.03. The van der Waals surface area contributed by atoms with E-state index in [1.54, 1.807) is 22.9 Å². The summed E-state index contributed by atoms with van der Waals surface area (Å²) >= 11 is 4.97. The minimum absolute atomic E-state index is 0.686. The molecule has 0 saturated carbocycles. The van der Waals surface area contributed by atoms with E-state index in [9.17, 15) is 0 Å². The Morgan fingerprint density at radius 2 is 2.50 bits per heavy atom. The average Bonchev–Trinajstić information content (AvgIpc) is 2.77. The van der Waals surface area contributed by atoms with Crippen LogP contribution in [-0.2, 0) is 6.54 Å². The lowest BCUT2D eigenvalue weighted by Crippen LogP contribution is -1.94. The van der Waals surface area contributed by atoms with Gasteiger partial charge in [-0.05, 0) is 22.0 Å². The van der Waals surface area contributed by atoms with Crippen LogP contribution in [0.5, 0.6) is 0 Å². The molecule has 2 aromatic rings. The predicted molar refractivity (Wildman–Crippen MR) is 58.1 cm³/mol. The molecule has 0 aliphatic heterocycles. The number of thiazole rings is 1. The molecule has 0 saturated heterocycles. The molecule has 2 heterocycles. The van der Waals surface area contributed by atoms with E-state index < -0.39 is 0 Å². The number of hydrogen-bond donors (Lipinski definition) is 0. The number of aromatic nitrogens is 2. The summed E-state index contributed by atoms with van der Waals surface area (Å²) in [6.45, 7) is 0.757. The van der Waals surface area contributed by atoms with Gasteiger partial charge in [0.15, 0.2) is 0 Å². The summed E-state index contributed by atoms with van der Waals surface area (Å²) < 4.78 is 2.85. The van der Waals surface area contributed by atoms with E-state index in [1.807, 2.05) is 17.0 Å². The van der Waals surface area contributed by atoms with Crippen molar-refractivity contribution in [2.24, 2.45) is 0 Å². The van der Waals surface area contributed by atoms with Crippen LogP contribution in [0.4, 0.5) is 0 Å². The summed E-state index contributed by atoms with van der Waals surface area (Å²) in [5.74, 6) is 0. The van der Waals surface area contributed by atoms with E-state index in [0.29, 0.717) is 5.56 Å². The van der Waals surface area contributed by atoms with Crippen molar-refractivity contribution >= 4 is 27.3 Å². The van der Waals surface area contributed by atoms with Gasteiger partial charge in [-0.3, -0.25) is 0 Å². The first-order valence-electron chi connectivity index (χ1n) is 3.93. The van der Waals surface area contributed by atoms with Gasteiger partial charge in [0.1, 0.15) is 10.7 Å². The Balaban J connectivity index is 2.20. The second kappa shape index (κ2) is 3.95. The monoisotopic (exact) mass is 267 g/mol. The summed E-state index contributed by atoms with van der Waals surface area (Å²) in [5, 5.41) is 8.65. The number of nitrogens with zero attached hydrogens (tertiary/aromatic N) is 3. The van der Waals surface area contributed by atoms with E-state index in [4.69, 9.17) is 5.26 Å². The first-order valence-corrected chi connectivity index (χ1v) is 5.60. The van der Waals surface area contributed by atoms with Gasteiger partial charge in [0.2, 0.25) is 0 Å². The van der Waals surface area contributed by atoms with Crippen molar-refractivity contribution in [3.8, 4) is 6.07 Å². The van der Waals surface area contributed by atoms with Crippen LogP contribution in [0.2, 0.25) is 0 Å². The van der Waals surface area contributed by atoms with Crippen LogP contribution in [-0.4, -0.2) is 9.55 Å². The molecule has 0 spiro atoms. The van der Waals surface area contributed by atoms with Crippen molar-refractivity contribution in [3.05, 3.63) is 39.0 Å². The topological polar surface area (TPSA) is 41.6 Å². The molecule has 0 radical (unpaired) electrons. The van der Waals surface area contributed by atoms with Crippen LogP contribution in [0, 0.1) is 11.3 Å². The van der Waals surface area contributed by atoms with Crippen LogP contribution in [0.1, 0.15) is 10.4 Å². The largest absolute Gasteiger partial charge is 0.348 e. The highest BCUT2D eigenvalue weighted by molar-refractivity contribution is 9.10. The maximum atomic E-state index is 8.65. The summed E-state index contributed by atoms with van der Waals surface area (Å²) in [7, 11) is 0. The lowest BCUT2D eigenvalue weighted by atomic mass is 10.4. The molecule has 0 amide bonds. The summed E-state index contributed by atoms with van der Waals surface area (Å²) in [4.78, 5) is 5.25. The molecule has 2 rings (SSSR count). The molecule has 0 aliphatic rings. The minimum Gasteiger partial charge on any atom is -0.348 e. The third kappa shape index (κ3) is 1.86. The Morgan fingerprint density at radius 1 is 1.64 bits per heavy atom. The Labute approximate surface area is 93.8 Å². The molecule has 70 valence electrons. The fraction of sp³-hybridized carbons (Fsp3) is 0.111. The fourth-order valence-corrected chi connectivity index (χ4v) is 2.43. The lowest BCUT2D eigenvalue weighted by molar-refractivity contribution is 0.813. The molecule has 0 aromatic carbocycles. The molecule has 2 aromatic heterocycles. The van der Waals surface area contributed by atoms with Crippen molar-refractivity contribution in [2.45, 2.75) is 6.54 Å². The second-order valence-electron chi connectivity index (χ2n) is 2.75. The molecule has 14 heavy (non-hydrogen) atoms. The molecule has 0 bridgehead atoms. The zero-order valence-corrected chi connectivity index (χ0v) is 9.55. The summed E-state index contributed by atoms with van der Waals surface area (Å²) in [6.07, 6.45) is 3.72. The van der Waals surface area contributed by atoms with Gasteiger partial charge in [-0.15, -0.1) is 11.3 Å². The number of hydrogen-bond acceptors (Lipinski definition) is 3. The molecule has 0 unspecified atom stereocenters. The smallest absolute Gasteiger partial charge is 0.121 e. The Morgan fingerprint density at radius 3 is 3.07 bits per heavy atom. The van der Waals surface area contributed by atoms with E-state index in [-0.39, 0.29) is 0 Å². The van der Waals surface area contributed by atoms with Gasteiger partial charge >= 0.3 is 0 Å². The maximum Gasteiger partial charge on any atom is 0.121 e. The summed E-state index contributed by atoms with van der Waals surface area (Å²) in [6, 6.07) is 3.90. The fourth-order valence-electron chi connectivity index (χ4n) is 1.13. The first-order chi connectivity index (χ1) is 6.79. The highest BCUT2D eigenvalue weighted by Crippen LogP contribution is 2.20. The molecule has 0 fully saturated rings. The van der Waals surface area contributed by atoms with E-state index in [1.165, 1.54) is 0 Å². The molecule has 3 nitrogen and oxygen atoms in total. The van der Waals surface area contributed by atoms with Crippen molar-refractivity contribution in [1.82, 2.24) is 9.55 Å². The predicted octanol–water partition coefficient (Wildman–Crippen LogP) is 2.63. The van der Waals surface area contributed by atoms with Crippen LogP contribution in [0.25, 0.3) is 0 Å². The lowest BCUT2D eigenvalue weighted by Gasteiger charge is -1.98. The van der Waals surface area contributed by atoms with Gasteiger partial charge in [0, 0.05) is 12.4 Å². The van der Waals surface area contributed by atoms with Crippen LogP contribution in [0.3, 0.4) is 0 Å². The molecule has 0 atom stereocenters. The first kappa shape index (κ1) is 9.44. The number of nitriles is 1. The van der Waals surface area contributed by atoms with Crippen LogP contribution >= 0.6 is 27.3 Å². The number of rotatable bonds is 2. The summed E-state index contributed by atoms with van der Waals surface area (Å²) in [5.41, 5.74) is 2.49. The second-order valence-corrected chi connectivity index (χ2v) is 4.44. The molecule has 5 heteroatoms. The van der Waals surface area contributed by atoms with Gasteiger partial charge in [0.05, 0.1) is 22.5 Å². The van der Waals surface area contributed by atoms with E-state index in [0.717, 1.165) is 16.0 Å². The van der Waals surface area contributed by atoms with Crippen molar-refractivity contribution in [3.63, 3.8) is 0 Å². The number of halogens is 1. The van der Waals surface area contributed by atoms with Gasteiger partial charge in [-0.1, -0.05) is 0 Å². The van der Waals surface area contributed by atoms with Crippen molar-refractivity contribution in [2.75, 3.05) is 0 Å². The minimum atomic E-state index is 0.686. The standard InChI is InChI=1S/C9H6BrN3S/c10-9-8(14-6-12-9)5-13-2-1-7(3-11)4-13/h1-2,4,6H,5H2. The van der Waals surface area contributed by atoms with Gasteiger partial charge in [-0.2, -0.15) is 5.26 Å². The quantitative estimate of drug-likeness (QED) is 0.840. The Kier molecular flexibility index (Phi) is 2.66. The zero-order valence-electron chi connectivity index (χ0n) is 7.14. The SMILES string of the molecule is N#Cc1ccn(Cc2scnc2Br)c1. The van der Waals surface area contributed by atoms with Crippen LogP contribution in [0.15, 0.2) is 28.6 Å². The van der Waals surface area contributed by atoms with Gasteiger partial charge < -0.3 is 4.57 Å². The van der Waals surface area contributed by atoms with Gasteiger partial charge in [-0.25, -0.2) is 4.98 Å². The highest BCUT2D eigenvalue weighted by atomic mass is 79.9. The molecule has 0 N–H and O–H groups in total. The normalized spacial score (nSPS) is 10.0. The van der Waals surface area contributed by atoms with Crippen molar-refractivity contribution < 1.29 is 0 Å². The Hall–Kier alpha value is -1.12. The Bertz CT molecular complexity index is 480. The van der Waals surface area contributed by atoms with E-state index >= 15 is 0 Å². The zero-order chi connectivity index (χ0) is 9.97. The maximum absolute atomic E-state index is 8.65. The molecule has 0 aliphatic carbocycles. The molecular formula is C9H6BrN3S. The third-order valence-electron chi connectivity index (χ3n) is 1.80. The molecular weight excluding hydrogens is 262 g/mol. The third-order valence-corrected chi connectivity index (χ3v) is 3.56.